The summed E-state index contributed by atoms with van der Waals surface area (Å²) in [6.07, 6.45) is 0.219. The molecule has 0 radical (unpaired) electrons. The maximum absolute atomic E-state index is 12.7. The molecule has 2 saturated heterocycles. The highest BCUT2D eigenvalue weighted by Gasteiger charge is 2.52. The van der Waals surface area contributed by atoms with Gasteiger partial charge in [0.05, 0.1) is 23.6 Å². The first-order valence-corrected chi connectivity index (χ1v) is 12.2. The number of hydrogen-bond acceptors (Lipinski definition) is 6. The van der Waals surface area contributed by atoms with E-state index in [1.807, 2.05) is 42.2 Å². The van der Waals surface area contributed by atoms with Crippen LogP contribution in [0.15, 0.2) is 59.5 Å². The van der Waals surface area contributed by atoms with Gasteiger partial charge in [-0.25, -0.2) is 17.9 Å². The van der Waals surface area contributed by atoms with E-state index in [2.05, 4.69) is 10.0 Å². The van der Waals surface area contributed by atoms with Crippen LogP contribution in [0.25, 0.3) is 0 Å². The number of amides is 2. The number of fused-ring (bicyclic) bond motifs is 2. The Bertz CT molecular complexity index is 1080. The molecule has 8 nitrogen and oxygen atoms in total. The minimum Gasteiger partial charge on any atom is -0.376 e. The molecule has 32 heavy (non-hydrogen) atoms. The van der Waals surface area contributed by atoms with Gasteiger partial charge in [-0.1, -0.05) is 48.5 Å². The van der Waals surface area contributed by atoms with Crippen molar-refractivity contribution < 1.29 is 23.1 Å². The fraction of sp³-hybridized carbons (Fsp3) is 0.435. The zero-order chi connectivity index (χ0) is 22.9. The van der Waals surface area contributed by atoms with E-state index in [1.165, 1.54) is 6.07 Å². The van der Waals surface area contributed by atoms with Gasteiger partial charge in [-0.3, -0.25) is 4.90 Å². The molecule has 2 aromatic rings. The Hall–Kier alpha value is -2.46. The number of hydrogen-bond donors (Lipinski definition) is 3. The molecule has 0 aliphatic carbocycles. The topological polar surface area (TPSA) is 108 Å². The van der Waals surface area contributed by atoms with Crippen LogP contribution in [0.2, 0.25) is 0 Å². The predicted octanol–water partition coefficient (Wildman–Crippen LogP) is 1.78. The molecule has 2 bridgehead atoms. The van der Waals surface area contributed by atoms with Gasteiger partial charge in [0.25, 0.3) is 10.0 Å². The minimum atomic E-state index is -4.05. The summed E-state index contributed by atoms with van der Waals surface area (Å²) in [7, 11) is -4.05. The summed E-state index contributed by atoms with van der Waals surface area (Å²) in [6, 6.07) is 14.3. The number of sulfonamides is 1. The van der Waals surface area contributed by atoms with Gasteiger partial charge in [-0.05, 0) is 43.9 Å². The largest absolute Gasteiger partial charge is 0.376 e. The molecule has 4 rings (SSSR count). The number of aryl methyl sites for hydroxylation is 1. The lowest BCUT2D eigenvalue weighted by atomic mass is 9.98. The van der Waals surface area contributed by atoms with Crippen LogP contribution in [-0.4, -0.2) is 61.5 Å². The number of nitrogens with one attached hydrogen (secondary N) is 2. The van der Waals surface area contributed by atoms with Crippen LogP contribution in [-0.2, 0) is 21.2 Å². The Kier molecular flexibility index (Phi) is 6.26. The maximum Gasteiger partial charge on any atom is 0.329 e. The first kappa shape index (κ1) is 22.7. The Morgan fingerprint density at radius 2 is 1.91 bits per heavy atom. The zero-order valence-electron chi connectivity index (χ0n) is 18.2. The minimum absolute atomic E-state index is 0.0387. The number of likely N-dealkylation sites (tertiary alicyclic amines) is 1. The molecule has 9 heteroatoms. The summed E-state index contributed by atoms with van der Waals surface area (Å²) in [5.41, 5.74) is 1.14. The van der Waals surface area contributed by atoms with Gasteiger partial charge in [0.1, 0.15) is 6.23 Å². The molecule has 2 aliphatic rings. The first-order chi connectivity index (χ1) is 15.2. The van der Waals surface area contributed by atoms with Crippen molar-refractivity contribution in [2.45, 2.75) is 55.5 Å². The lowest BCUT2D eigenvalue weighted by Gasteiger charge is -2.41. The Labute approximate surface area is 188 Å². The van der Waals surface area contributed by atoms with E-state index < -0.39 is 28.3 Å². The number of carbonyl (C=O) groups excluding carboxylic acids is 1. The lowest BCUT2D eigenvalue weighted by molar-refractivity contribution is -0.105. The van der Waals surface area contributed by atoms with Gasteiger partial charge in [-0.15, -0.1) is 0 Å². The Morgan fingerprint density at radius 1 is 1.22 bits per heavy atom. The van der Waals surface area contributed by atoms with E-state index in [0.717, 1.165) is 12.0 Å². The summed E-state index contributed by atoms with van der Waals surface area (Å²) in [5, 5.41) is 13.9. The van der Waals surface area contributed by atoms with Gasteiger partial charge >= 0.3 is 6.03 Å². The van der Waals surface area contributed by atoms with Crippen LogP contribution in [0.5, 0.6) is 0 Å². The number of urea groups is 1. The zero-order valence-corrected chi connectivity index (χ0v) is 19.0. The maximum atomic E-state index is 12.7. The fourth-order valence-electron chi connectivity index (χ4n) is 4.64. The summed E-state index contributed by atoms with van der Waals surface area (Å²) in [5.74, 6) is 0. The van der Waals surface area contributed by atoms with Crippen molar-refractivity contribution in [2.24, 2.45) is 0 Å². The van der Waals surface area contributed by atoms with Crippen molar-refractivity contribution in [1.29, 1.82) is 0 Å². The number of nitrogens with zero attached hydrogens (tertiary/aromatic N) is 1. The SMILES string of the molecule is Cc1ccccc1S(=O)(=O)NC(=O)N[C@@H](Cc1ccccc1)C(O)N1CC2C[C@@]1(C)CO2. The standard InChI is InChI=1S/C23H29N3O5S/c1-16-8-6-7-11-20(16)32(29,30)25-22(28)24-19(12-17-9-4-3-5-10-17)21(27)26-14-18-13-23(26,2)15-31-18/h3-11,18-19,21,27H,12-15H2,1-2H3,(H2,24,25,28)/t18?,19-,21?,23-/m0/s1. The van der Waals surface area contributed by atoms with Crippen LogP contribution in [0.3, 0.4) is 0 Å². The van der Waals surface area contributed by atoms with E-state index in [4.69, 9.17) is 4.74 Å². The van der Waals surface area contributed by atoms with Crippen LogP contribution < -0.4 is 10.0 Å². The van der Waals surface area contributed by atoms with Gasteiger partial charge in [0, 0.05) is 12.1 Å². The van der Waals surface area contributed by atoms with Crippen molar-refractivity contribution >= 4 is 16.1 Å². The number of aliphatic hydroxyl groups excluding tert-OH is 1. The molecule has 172 valence electrons. The molecule has 2 aliphatic heterocycles. The van der Waals surface area contributed by atoms with Gasteiger partial charge < -0.3 is 15.2 Å². The molecule has 0 aromatic heterocycles. The average molecular weight is 460 g/mol. The van der Waals surface area contributed by atoms with E-state index in [0.29, 0.717) is 25.1 Å². The molecular formula is C23H29N3O5S. The molecular weight excluding hydrogens is 430 g/mol. The number of benzene rings is 2. The molecule has 2 unspecified atom stereocenters. The quantitative estimate of drug-likeness (QED) is 0.583. The molecule has 2 heterocycles. The van der Waals surface area contributed by atoms with Crippen molar-refractivity contribution in [1.82, 2.24) is 14.9 Å². The number of ether oxygens (including phenoxy) is 1. The van der Waals surface area contributed by atoms with E-state index in [9.17, 15) is 18.3 Å². The van der Waals surface area contributed by atoms with Gasteiger partial charge in [-0.2, -0.15) is 0 Å². The van der Waals surface area contributed by atoms with Crippen LogP contribution >= 0.6 is 0 Å². The summed E-state index contributed by atoms with van der Waals surface area (Å²) in [4.78, 5) is 14.7. The fourth-order valence-corrected chi connectivity index (χ4v) is 5.80. The van der Waals surface area contributed by atoms with Crippen molar-refractivity contribution in [3.63, 3.8) is 0 Å². The number of morpholine rings is 1. The molecule has 2 fully saturated rings. The third-order valence-electron chi connectivity index (χ3n) is 6.30. The second-order valence-corrected chi connectivity index (χ2v) is 10.5. The van der Waals surface area contributed by atoms with E-state index in [-0.39, 0.29) is 16.5 Å². The van der Waals surface area contributed by atoms with Crippen molar-refractivity contribution in [3.05, 3.63) is 65.7 Å². The van der Waals surface area contributed by atoms with Crippen molar-refractivity contribution in [3.8, 4) is 0 Å². The molecule has 4 atom stereocenters. The monoisotopic (exact) mass is 459 g/mol. The van der Waals surface area contributed by atoms with Crippen molar-refractivity contribution in [2.75, 3.05) is 13.2 Å². The van der Waals surface area contributed by atoms with Gasteiger partial charge in [0.15, 0.2) is 0 Å². The molecule has 2 aromatic carbocycles. The normalized spacial score (nSPS) is 24.8. The molecule has 0 spiro atoms. The molecule has 0 saturated carbocycles. The summed E-state index contributed by atoms with van der Waals surface area (Å²) in [6.45, 7) is 4.78. The average Bonchev–Trinajstić information content (AvgIpc) is 3.29. The third kappa shape index (κ3) is 4.66. The Morgan fingerprint density at radius 3 is 2.53 bits per heavy atom. The van der Waals surface area contributed by atoms with Crippen LogP contribution in [0.4, 0.5) is 4.79 Å². The van der Waals surface area contributed by atoms with Crippen LogP contribution in [0.1, 0.15) is 24.5 Å². The van der Waals surface area contributed by atoms with E-state index in [1.54, 1.807) is 25.1 Å². The summed E-state index contributed by atoms with van der Waals surface area (Å²) < 4.78 is 33.2. The third-order valence-corrected chi connectivity index (χ3v) is 7.79. The highest BCUT2D eigenvalue weighted by Crippen LogP contribution is 2.39. The van der Waals surface area contributed by atoms with Crippen LogP contribution in [0, 0.1) is 6.92 Å². The van der Waals surface area contributed by atoms with E-state index >= 15 is 0 Å². The highest BCUT2D eigenvalue weighted by atomic mass is 32.2. The second-order valence-electron chi connectivity index (χ2n) is 8.84. The number of rotatable bonds is 7. The van der Waals surface area contributed by atoms with Gasteiger partial charge in [0.2, 0.25) is 0 Å². The highest BCUT2D eigenvalue weighted by molar-refractivity contribution is 7.90. The molecule has 2 amide bonds. The lowest BCUT2D eigenvalue weighted by Crippen LogP contribution is -2.61. The first-order valence-electron chi connectivity index (χ1n) is 10.7. The smallest absolute Gasteiger partial charge is 0.329 e. The second kappa shape index (κ2) is 8.82. The number of carbonyl (C=O) groups is 1. The predicted molar refractivity (Wildman–Crippen MR) is 119 cm³/mol. The Balaban J connectivity index is 1.52. The summed E-state index contributed by atoms with van der Waals surface area (Å²) >= 11 is 0. The number of aliphatic hydroxyl groups is 1. The molecule has 3 N–H and O–H groups in total.